The zero-order chi connectivity index (χ0) is 11.4. The molecule has 80 valence electrons. The number of aromatic nitrogens is 1. The fraction of sp³-hybridized carbons (Fsp3) is 0.0769. The van der Waals surface area contributed by atoms with Crippen LogP contribution in [0.15, 0.2) is 49.2 Å². The molecule has 0 bridgehead atoms. The summed E-state index contributed by atoms with van der Waals surface area (Å²) < 4.78 is 4.93. The zero-order valence-electron chi connectivity index (χ0n) is 8.72. The SMILES string of the molecule is C=CCOC(=O)c1cnc2ccccc2c1. The van der Waals surface area contributed by atoms with Crippen LogP contribution in [0.25, 0.3) is 10.9 Å². The van der Waals surface area contributed by atoms with Crippen LogP contribution in [0.1, 0.15) is 10.4 Å². The second-order valence-corrected chi connectivity index (χ2v) is 3.30. The Morgan fingerprint density at radius 1 is 1.44 bits per heavy atom. The van der Waals surface area contributed by atoms with Crippen molar-refractivity contribution in [1.82, 2.24) is 4.98 Å². The minimum Gasteiger partial charge on any atom is -0.458 e. The van der Waals surface area contributed by atoms with E-state index in [4.69, 9.17) is 4.74 Å². The molecule has 16 heavy (non-hydrogen) atoms. The Morgan fingerprint density at radius 3 is 3.06 bits per heavy atom. The summed E-state index contributed by atoms with van der Waals surface area (Å²) in [6, 6.07) is 9.39. The van der Waals surface area contributed by atoms with E-state index in [9.17, 15) is 4.79 Å². The lowest BCUT2D eigenvalue weighted by Gasteiger charge is -2.02. The Morgan fingerprint density at radius 2 is 2.25 bits per heavy atom. The molecule has 1 aromatic carbocycles. The average Bonchev–Trinajstić information content (AvgIpc) is 2.35. The number of rotatable bonds is 3. The molecule has 0 unspecified atom stereocenters. The second kappa shape index (κ2) is 4.57. The molecule has 0 aliphatic rings. The van der Waals surface area contributed by atoms with Crippen LogP contribution in [0, 0.1) is 0 Å². The van der Waals surface area contributed by atoms with Crippen molar-refractivity contribution in [2.45, 2.75) is 0 Å². The molecule has 0 saturated carbocycles. The quantitative estimate of drug-likeness (QED) is 0.581. The van der Waals surface area contributed by atoms with Crippen LogP contribution >= 0.6 is 0 Å². The molecule has 3 heteroatoms. The number of para-hydroxylation sites is 1. The molecule has 3 nitrogen and oxygen atoms in total. The molecule has 0 amide bonds. The van der Waals surface area contributed by atoms with Crippen molar-refractivity contribution in [3.8, 4) is 0 Å². The Hall–Kier alpha value is -2.16. The molecule has 2 rings (SSSR count). The highest BCUT2D eigenvalue weighted by Crippen LogP contribution is 2.13. The first-order chi connectivity index (χ1) is 7.81. The monoisotopic (exact) mass is 213 g/mol. The van der Waals surface area contributed by atoms with Gasteiger partial charge in [-0.05, 0) is 12.1 Å². The van der Waals surface area contributed by atoms with Gasteiger partial charge in [0.1, 0.15) is 6.61 Å². The number of carbonyl (C=O) groups excluding carboxylic acids is 1. The van der Waals surface area contributed by atoms with E-state index in [1.807, 2.05) is 24.3 Å². The van der Waals surface area contributed by atoms with Gasteiger partial charge in [0.25, 0.3) is 0 Å². The first kappa shape index (κ1) is 10.4. The summed E-state index contributed by atoms with van der Waals surface area (Å²) in [5, 5.41) is 0.926. The predicted octanol–water partition coefficient (Wildman–Crippen LogP) is 2.58. The number of pyridine rings is 1. The summed E-state index contributed by atoms with van der Waals surface area (Å²) in [5.41, 5.74) is 1.32. The van der Waals surface area contributed by atoms with E-state index in [1.54, 1.807) is 6.07 Å². The number of ether oxygens (including phenoxy) is 1. The minimum absolute atomic E-state index is 0.214. The standard InChI is InChI=1S/C13H11NO2/c1-2-7-16-13(15)11-8-10-5-3-4-6-12(10)14-9-11/h2-6,8-9H,1,7H2. The van der Waals surface area contributed by atoms with Crippen LogP contribution in [0.2, 0.25) is 0 Å². The summed E-state index contributed by atoms with van der Waals surface area (Å²) in [7, 11) is 0. The maximum absolute atomic E-state index is 11.5. The maximum atomic E-state index is 11.5. The third kappa shape index (κ3) is 2.08. The Labute approximate surface area is 93.4 Å². The molecule has 0 aliphatic heterocycles. The lowest BCUT2D eigenvalue weighted by atomic mass is 10.1. The smallest absolute Gasteiger partial charge is 0.340 e. The van der Waals surface area contributed by atoms with Gasteiger partial charge < -0.3 is 4.74 Å². The highest BCUT2D eigenvalue weighted by atomic mass is 16.5. The van der Waals surface area contributed by atoms with E-state index in [0.29, 0.717) is 5.56 Å². The number of nitrogens with zero attached hydrogens (tertiary/aromatic N) is 1. The van der Waals surface area contributed by atoms with E-state index < -0.39 is 0 Å². The van der Waals surface area contributed by atoms with Crippen LogP contribution in [-0.2, 0) is 4.74 Å². The molecule has 0 atom stereocenters. The van der Waals surface area contributed by atoms with E-state index in [0.717, 1.165) is 10.9 Å². The Balaban J connectivity index is 2.32. The summed E-state index contributed by atoms with van der Waals surface area (Å²) in [6.45, 7) is 3.70. The van der Waals surface area contributed by atoms with Gasteiger partial charge in [-0.2, -0.15) is 0 Å². The van der Waals surface area contributed by atoms with Crippen molar-refractivity contribution >= 4 is 16.9 Å². The summed E-state index contributed by atoms with van der Waals surface area (Å²) in [6.07, 6.45) is 3.06. The van der Waals surface area contributed by atoms with Crippen LogP contribution in [0.5, 0.6) is 0 Å². The van der Waals surface area contributed by atoms with Gasteiger partial charge in [0.2, 0.25) is 0 Å². The number of hydrogen-bond acceptors (Lipinski definition) is 3. The van der Waals surface area contributed by atoms with Gasteiger partial charge >= 0.3 is 5.97 Å². The molecule has 0 spiro atoms. The van der Waals surface area contributed by atoms with E-state index in [-0.39, 0.29) is 12.6 Å². The van der Waals surface area contributed by atoms with E-state index in [1.165, 1.54) is 12.3 Å². The van der Waals surface area contributed by atoms with Crippen LogP contribution in [0.4, 0.5) is 0 Å². The van der Waals surface area contributed by atoms with Gasteiger partial charge in [0.15, 0.2) is 0 Å². The van der Waals surface area contributed by atoms with Crippen LogP contribution < -0.4 is 0 Å². The zero-order valence-corrected chi connectivity index (χ0v) is 8.72. The van der Waals surface area contributed by atoms with Gasteiger partial charge in [-0.25, -0.2) is 4.79 Å². The fourth-order valence-electron chi connectivity index (χ4n) is 1.40. The maximum Gasteiger partial charge on any atom is 0.340 e. The molecule has 0 fully saturated rings. The van der Waals surface area contributed by atoms with Crippen molar-refractivity contribution in [2.75, 3.05) is 6.61 Å². The summed E-state index contributed by atoms with van der Waals surface area (Å²) >= 11 is 0. The molecular weight excluding hydrogens is 202 g/mol. The number of hydrogen-bond donors (Lipinski definition) is 0. The average molecular weight is 213 g/mol. The minimum atomic E-state index is -0.377. The highest BCUT2D eigenvalue weighted by Gasteiger charge is 2.07. The molecule has 2 aromatic rings. The molecule has 1 heterocycles. The van der Waals surface area contributed by atoms with Gasteiger partial charge in [-0.3, -0.25) is 4.98 Å². The number of fused-ring (bicyclic) bond motifs is 1. The van der Waals surface area contributed by atoms with Crippen LogP contribution in [0.3, 0.4) is 0 Å². The predicted molar refractivity (Wildman–Crippen MR) is 62.2 cm³/mol. The Bertz CT molecular complexity index is 534. The summed E-state index contributed by atoms with van der Waals surface area (Å²) in [5.74, 6) is -0.377. The van der Waals surface area contributed by atoms with Crippen molar-refractivity contribution in [1.29, 1.82) is 0 Å². The molecule has 1 aromatic heterocycles. The van der Waals surface area contributed by atoms with Crippen molar-refractivity contribution in [3.05, 3.63) is 54.7 Å². The molecular formula is C13H11NO2. The summed E-state index contributed by atoms with van der Waals surface area (Å²) in [4.78, 5) is 15.7. The third-order valence-corrected chi connectivity index (χ3v) is 2.16. The van der Waals surface area contributed by atoms with Crippen molar-refractivity contribution < 1.29 is 9.53 Å². The number of benzene rings is 1. The van der Waals surface area contributed by atoms with Crippen molar-refractivity contribution in [3.63, 3.8) is 0 Å². The lowest BCUT2D eigenvalue weighted by Crippen LogP contribution is -2.05. The lowest BCUT2D eigenvalue weighted by molar-refractivity contribution is 0.0549. The molecule has 0 N–H and O–H groups in total. The highest BCUT2D eigenvalue weighted by molar-refractivity contribution is 5.93. The van der Waals surface area contributed by atoms with Crippen LogP contribution in [-0.4, -0.2) is 17.6 Å². The topological polar surface area (TPSA) is 39.2 Å². The Kier molecular flexibility index (Phi) is 2.96. The van der Waals surface area contributed by atoms with E-state index in [2.05, 4.69) is 11.6 Å². The van der Waals surface area contributed by atoms with Crippen molar-refractivity contribution in [2.24, 2.45) is 0 Å². The normalized spacial score (nSPS) is 10.0. The first-order valence-electron chi connectivity index (χ1n) is 4.94. The molecule has 0 radical (unpaired) electrons. The number of carbonyl (C=O) groups is 1. The third-order valence-electron chi connectivity index (χ3n) is 2.16. The second-order valence-electron chi connectivity index (χ2n) is 3.30. The largest absolute Gasteiger partial charge is 0.458 e. The van der Waals surface area contributed by atoms with E-state index >= 15 is 0 Å². The molecule has 0 saturated heterocycles. The molecule has 0 aliphatic carbocycles. The first-order valence-corrected chi connectivity index (χ1v) is 4.94. The van der Waals surface area contributed by atoms with Gasteiger partial charge in [0, 0.05) is 11.6 Å². The van der Waals surface area contributed by atoms with Gasteiger partial charge in [-0.1, -0.05) is 30.9 Å². The number of esters is 1. The van der Waals surface area contributed by atoms with Gasteiger partial charge in [0.05, 0.1) is 11.1 Å². The fourth-order valence-corrected chi connectivity index (χ4v) is 1.40. The van der Waals surface area contributed by atoms with Gasteiger partial charge in [-0.15, -0.1) is 0 Å².